The van der Waals surface area contributed by atoms with Crippen LogP contribution >= 0.6 is 0 Å². The Balaban J connectivity index is 1.62. The lowest BCUT2D eigenvalue weighted by molar-refractivity contribution is 0.0647. The first-order chi connectivity index (χ1) is 14.0. The van der Waals surface area contributed by atoms with Crippen LogP contribution in [0.3, 0.4) is 0 Å². The molecule has 1 aliphatic rings. The highest BCUT2D eigenvalue weighted by atomic mass is 19.1. The van der Waals surface area contributed by atoms with Crippen LogP contribution in [0.15, 0.2) is 53.6 Å². The molecular formula is C22H23FN4O2. The van der Waals surface area contributed by atoms with Crippen LogP contribution in [-0.4, -0.2) is 34.2 Å². The third-order valence-corrected chi connectivity index (χ3v) is 5.23. The van der Waals surface area contributed by atoms with E-state index >= 15 is 0 Å². The van der Waals surface area contributed by atoms with Gasteiger partial charge in [-0.05, 0) is 25.0 Å². The minimum atomic E-state index is -0.502. The largest absolute Gasteiger partial charge is 0.372 e. The highest BCUT2D eigenvalue weighted by molar-refractivity contribution is 5.60. The predicted molar refractivity (Wildman–Crippen MR) is 109 cm³/mol. The highest BCUT2D eigenvalue weighted by Crippen LogP contribution is 2.27. The molecule has 1 aromatic carbocycles. The SMILES string of the molecule is Cc1ccc(C2CCN(c3nc(-c4ccncc4F)cc(=O)n3C)CCO2)cc1. The fourth-order valence-corrected chi connectivity index (χ4v) is 3.55. The summed E-state index contributed by atoms with van der Waals surface area (Å²) in [5.41, 5.74) is 2.70. The second-order valence-electron chi connectivity index (χ2n) is 7.24. The van der Waals surface area contributed by atoms with Crippen LogP contribution in [0.1, 0.15) is 23.7 Å². The molecule has 1 fully saturated rings. The van der Waals surface area contributed by atoms with Crippen molar-refractivity contribution in [3.8, 4) is 11.3 Å². The lowest BCUT2D eigenvalue weighted by Gasteiger charge is -2.23. The van der Waals surface area contributed by atoms with Crippen molar-refractivity contribution in [3.63, 3.8) is 0 Å². The molecule has 0 aliphatic carbocycles. The summed E-state index contributed by atoms with van der Waals surface area (Å²) in [6.45, 7) is 3.86. The summed E-state index contributed by atoms with van der Waals surface area (Å²) >= 11 is 0. The van der Waals surface area contributed by atoms with E-state index in [0.29, 0.717) is 31.3 Å². The van der Waals surface area contributed by atoms with E-state index in [4.69, 9.17) is 4.74 Å². The molecule has 150 valence electrons. The summed E-state index contributed by atoms with van der Waals surface area (Å²) in [6.07, 6.45) is 3.38. The van der Waals surface area contributed by atoms with E-state index in [9.17, 15) is 9.18 Å². The van der Waals surface area contributed by atoms with Gasteiger partial charge in [-0.2, -0.15) is 0 Å². The van der Waals surface area contributed by atoms with Crippen molar-refractivity contribution in [2.45, 2.75) is 19.4 Å². The fourth-order valence-electron chi connectivity index (χ4n) is 3.55. The van der Waals surface area contributed by atoms with Gasteiger partial charge in [0, 0.05) is 38.0 Å². The molecule has 0 saturated carbocycles. The average molecular weight is 394 g/mol. The molecule has 1 unspecified atom stereocenters. The Kier molecular flexibility index (Phi) is 5.40. The third-order valence-electron chi connectivity index (χ3n) is 5.23. The zero-order valence-corrected chi connectivity index (χ0v) is 16.5. The zero-order valence-electron chi connectivity index (χ0n) is 16.5. The Morgan fingerprint density at radius 1 is 1.17 bits per heavy atom. The smallest absolute Gasteiger partial charge is 0.255 e. The van der Waals surface area contributed by atoms with Gasteiger partial charge in [-0.3, -0.25) is 14.3 Å². The number of hydrogen-bond donors (Lipinski definition) is 0. The molecule has 1 saturated heterocycles. The van der Waals surface area contributed by atoms with Crippen molar-refractivity contribution in [2.24, 2.45) is 7.05 Å². The van der Waals surface area contributed by atoms with Crippen molar-refractivity contribution in [1.29, 1.82) is 0 Å². The van der Waals surface area contributed by atoms with Gasteiger partial charge in [0.1, 0.15) is 0 Å². The number of halogens is 1. The van der Waals surface area contributed by atoms with Gasteiger partial charge in [-0.1, -0.05) is 29.8 Å². The number of pyridine rings is 1. The van der Waals surface area contributed by atoms with Crippen molar-refractivity contribution in [1.82, 2.24) is 14.5 Å². The van der Waals surface area contributed by atoms with E-state index in [-0.39, 0.29) is 17.2 Å². The van der Waals surface area contributed by atoms with Crippen LogP contribution in [0.25, 0.3) is 11.3 Å². The molecule has 0 N–H and O–H groups in total. The Hall–Kier alpha value is -3.06. The minimum absolute atomic E-state index is 0.00143. The first-order valence-corrected chi connectivity index (χ1v) is 9.64. The molecule has 29 heavy (non-hydrogen) atoms. The number of aryl methyl sites for hydroxylation is 1. The number of rotatable bonds is 3. The minimum Gasteiger partial charge on any atom is -0.372 e. The predicted octanol–water partition coefficient (Wildman–Crippen LogP) is 3.26. The number of benzene rings is 1. The maximum Gasteiger partial charge on any atom is 0.255 e. The number of aromatic nitrogens is 3. The molecular weight excluding hydrogens is 371 g/mol. The molecule has 0 spiro atoms. The normalized spacial score (nSPS) is 17.2. The van der Waals surface area contributed by atoms with E-state index in [1.54, 1.807) is 7.05 Å². The van der Waals surface area contributed by atoms with Crippen LogP contribution in [-0.2, 0) is 11.8 Å². The molecule has 3 aromatic rings. The summed E-state index contributed by atoms with van der Waals surface area (Å²) in [5.74, 6) is 0.00899. The van der Waals surface area contributed by atoms with Crippen molar-refractivity contribution < 1.29 is 9.13 Å². The number of hydrogen-bond acceptors (Lipinski definition) is 5. The van der Waals surface area contributed by atoms with Gasteiger partial charge in [-0.15, -0.1) is 0 Å². The van der Waals surface area contributed by atoms with Gasteiger partial charge in [0.25, 0.3) is 5.56 Å². The topological polar surface area (TPSA) is 60.2 Å². The molecule has 6 nitrogen and oxygen atoms in total. The van der Waals surface area contributed by atoms with Gasteiger partial charge in [-0.25, -0.2) is 9.37 Å². The standard InChI is InChI=1S/C22H23FN4O2/c1-15-3-5-16(6-4-15)20-8-10-27(11-12-29-20)22-25-19(13-21(28)26(22)2)17-7-9-24-14-18(17)23/h3-7,9,13-14,20H,8,10-12H2,1-2H3. The van der Waals surface area contributed by atoms with Crippen LogP contribution < -0.4 is 10.5 Å². The second-order valence-corrected chi connectivity index (χ2v) is 7.24. The molecule has 0 radical (unpaired) electrons. The van der Waals surface area contributed by atoms with E-state index in [0.717, 1.165) is 18.2 Å². The van der Waals surface area contributed by atoms with Crippen molar-refractivity contribution >= 4 is 5.95 Å². The molecule has 7 heteroatoms. The summed E-state index contributed by atoms with van der Waals surface area (Å²) in [4.78, 5) is 22.9. The van der Waals surface area contributed by atoms with Gasteiger partial charge < -0.3 is 9.64 Å². The van der Waals surface area contributed by atoms with E-state index in [1.807, 2.05) is 4.90 Å². The Labute approximate surface area is 168 Å². The third kappa shape index (κ3) is 4.05. The second kappa shape index (κ2) is 8.13. The Morgan fingerprint density at radius 2 is 1.97 bits per heavy atom. The van der Waals surface area contributed by atoms with Crippen LogP contribution in [0.2, 0.25) is 0 Å². The maximum atomic E-state index is 14.2. The highest BCUT2D eigenvalue weighted by Gasteiger charge is 2.22. The van der Waals surface area contributed by atoms with E-state index < -0.39 is 5.82 Å². The first kappa shape index (κ1) is 19.3. The number of nitrogens with zero attached hydrogens (tertiary/aromatic N) is 4. The van der Waals surface area contributed by atoms with Crippen LogP contribution in [0, 0.1) is 12.7 Å². The molecule has 2 aromatic heterocycles. The first-order valence-electron chi connectivity index (χ1n) is 9.64. The summed E-state index contributed by atoms with van der Waals surface area (Å²) in [7, 11) is 1.68. The quantitative estimate of drug-likeness (QED) is 0.682. The molecule has 0 bridgehead atoms. The monoisotopic (exact) mass is 394 g/mol. The van der Waals surface area contributed by atoms with Gasteiger partial charge in [0.2, 0.25) is 5.95 Å². The fraction of sp³-hybridized carbons (Fsp3) is 0.318. The molecule has 1 aliphatic heterocycles. The number of anilines is 1. The molecule has 0 amide bonds. The Morgan fingerprint density at radius 3 is 2.72 bits per heavy atom. The van der Waals surface area contributed by atoms with E-state index in [2.05, 4.69) is 41.2 Å². The van der Waals surface area contributed by atoms with Crippen LogP contribution in [0.5, 0.6) is 0 Å². The summed E-state index contributed by atoms with van der Waals surface area (Å²) in [5, 5.41) is 0. The lowest BCUT2D eigenvalue weighted by Crippen LogP contribution is -2.33. The van der Waals surface area contributed by atoms with Crippen molar-refractivity contribution in [3.05, 3.63) is 76.1 Å². The Bertz CT molecular complexity index is 1070. The lowest BCUT2D eigenvalue weighted by atomic mass is 10.0. The van der Waals surface area contributed by atoms with Gasteiger partial charge >= 0.3 is 0 Å². The van der Waals surface area contributed by atoms with Gasteiger partial charge in [0.05, 0.1) is 24.6 Å². The molecule has 1 atom stereocenters. The zero-order chi connectivity index (χ0) is 20.4. The maximum absolute atomic E-state index is 14.2. The average Bonchev–Trinajstić information content (AvgIpc) is 2.97. The van der Waals surface area contributed by atoms with Gasteiger partial charge in [0.15, 0.2) is 5.82 Å². The number of ether oxygens (including phenoxy) is 1. The molecule has 3 heterocycles. The summed E-state index contributed by atoms with van der Waals surface area (Å²) < 4.78 is 21.7. The van der Waals surface area contributed by atoms with E-state index in [1.165, 1.54) is 28.5 Å². The summed E-state index contributed by atoms with van der Waals surface area (Å²) in [6, 6.07) is 11.2. The van der Waals surface area contributed by atoms with Crippen LogP contribution in [0.4, 0.5) is 10.3 Å². The van der Waals surface area contributed by atoms with Crippen molar-refractivity contribution in [2.75, 3.05) is 24.6 Å². The molecule has 4 rings (SSSR count).